The molecule has 6 heteroatoms. The van der Waals surface area contributed by atoms with Crippen molar-refractivity contribution in [3.63, 3.8) is 0 Å². The first-order valence-corrected chi connectivity index (χ1v) is 6.64. The highest BCUT2D eigenvalue weighted by Crippen LogP contribution is 2.38. The SMILES string of the molecule is COc1cc(C(=O)O)cc(OC)c1OCCSC. The zero-order valence-electron chi connectivity index (χ0n) is 10.6. The molecule has 5 nitrogen and oxygen atoms in total. The molecular formula is C12H16O5S. The molecule has 1 rings (SSSR count). The third-order valence-corrected chi connectivity index (χ3v) is 2.82. The summed E-state index contributed by atoms with van der Waals surface area (Å²) in [5, 5.41) is 8.97. The zero-order valence-corrected chi connectivity index (χ0v) is 11.4. The van der Waals surface area contributed by atoms with Gasteiger partial charge in [-0.2, -0.15) is 11.8 Å². The molecule has 1 aromatic rings. The molecule has 1 N–H and O–H groups in total. The van der Waals surface area contributed by atoms with Crippen LogP contribution in [0.2, 0.25) is 0 Å². The largest absolute Gasteiger partial charge is 0.493 e. The van der Waals surface area contributed by atoms with Gasteiger partial charge in [0.2, 0.25) is 5.75 Å². The number of hydrogen-bond donors (Lipinski definition) is 1. The highest BCUT2D eigenvalue weighted by atomic mass is 32.2. The fourth-order valence-electron chi connectivity index (χ4n) is 1.37. The number of carboxylic acids is 1. The lowest BCUT2D eigenvalue weighted by Gasteiger charge is -2.14. The normalized spacial score (nSPS) is 9.94. The molecule has 0 saturated carbocycles. The van der Waals surface area contributed by atoms with E-state index in [2.05, 4.69) is 0 Å². The van der Waals surface area contributed by atoms with Gasteiger partial charge in [0.15, 0.2) is 11.5 Å². The summed E-state index contributed by atoms with van der Waals surface area (Å²) in [5.41, 5.74) is 0.0981. The van der Waals surface area contributed by atoms with Crippen LogP contribution in [-0.2, 0) is 0 Å². The van der Waals surface area contributed by atoms with Gasteiger partial charge < -0.3 is 19.3 Å². The lowest BCUT2D eigenvalue weighted by atomic mass is 10.2. The molecule has 0 aromatic heterocycles. The highest BCUT2D eigenvalue weighted by molar-refractivity contribution is 7.98. The number of methoxy groups -OCH3 is 2. The van der Waals surface area contributed by atoms with E-state index in [1.54, 1.807) is 11.8 Å². The molecular weight excluding hydrogens is 256 g/mol. The minimum Gasteiger partial charge on any atom is -0.493 e. The Kier molecular flexibility index (Phi) is 5.64. The van der Waals surface area contributed by atoms with Gasteiger partial charge in [-0.1, -0.05) is 0 Å². The van der Waals surface area contributed by atoms with Crippen molar-refractivity contribution in [2.75, 3.05) is 32.8 Å². The van der Waals surface area contributed by atoms with Crippen molar-refractivity contribution in [2.24, 2.45) is 0 Å². The molecule has 0 bridgehead atoms. The van der Waals surface area contributed by atoms with Gasteiger partial charge in [0.1, 0.15) is 0 Å². The first-order chi connectivity index (χ1) is 8.63. The van der Waals surface area contributed by atoms with Gasteiger partial charge in [0.25, 0.3) is 0 Å². The number of carbonyl (C=O) groups is 1. The number of benzene rings is 1. The Bertz CT molecular complexity index is 394. The molecule has 0 amide bonds. The molecule has 0 radical (unpaired) electrons. The minimum atomic E-state index is -1.04. The Morgan fingerprint density at radius 1 is 1.28 bits per heavy atom. The molecule has 0 atom stereocenters. The van der Waals surface area contributed by atoms with E-state index in [-0.39, 0.29) is 5.56 Å². The highest BCUT2D eigenvalue weighted by Gasteiger charge is 2.16. The van der Waals surface area contributed by atoms with Gasteiger partial charge in [-0.15, -0.1) is 0 Å². The van der Waals surface area contributed by atoms with Gasteiger partial charge in [0, 0.05) is 5.75 Å². The summed E-state index contributed by atoms with van der Waals surface area (Å²) in [6.45, 7) is 0.500. The first-order valence-electron chi connectivity index (χ1n) is 5.25. The van der Waals surface area contributed by atoms with Crippen LogP contribution in [0.25, 0.3) is 0 Å². The second-order valence-corrected chi connectivity index (χ2v) is 4.34. The van der Waals surface area contributed by atoms with Gasteiger partial charge >= 0.3 is 5.97 Å². The average Bonchev–Trinajstić information content (AvgIpc) is 2.38. The van der Waals surface area contributed by atoms with Crippen molar-refractivity contribution < 1.29 is 24.1 Å². The van der Waals surface area contributed by atoms with Crippen molar-refractivity contribution in [1.82, 2.24) is 0 Å². The van der Waals surface area contributed by atoms with Crippen molar-refractivity contribution in [2.45, 2.75) is 0 Å². The number of hydrogen-bond acceptors (Lipinski definition) is 5. The molecule has 0 heterocycles. The van der Waals surface area contributed by atoms with Crippen LogP contribution < -0.4 is 14.2 Å². The van der Waals surface area contributed by atoms with E-state index in [0.717, 1.165) is 5.75 Å². The summed E-state index contributed by atoms with van der Waals surface area (Å²) < 4.78 is 15.8. The van der Waals surface area contributed by atoms with E-state index < -0.39 is 5.97 Å². The van der Waals surface area contributed by atoms with Crippen LogP contribution in [0.5, 0.6) is 17.2 Å². The number of rotatable bonds is 7. The summed E-state index contributed by atoms with van der Waals surface area (Å²) in [7, 11) is 2.92. The predicted molar refractivity (Wildman–Crippen MR) is 70.4 cm³/mol. The Morgan fingerprint density at radius 3 is 2.22 bits per heavy atom. The van der Waals surface area contributed by atoms with Gasteiger partial charge in [-0.3, -0.25) is 0 Å². The molecule has 0 unspecified atom stereocenters. The maximum Gasteiger partial charge on any atom is 0.335 e. The van der Waals surface area contributed by atoms with Gasteiger partial charge in [-0.05, 0) is 18.4 Å². The molecule has 0 saturated heterocycles. The number of carboxylic acid groups (broad SMARTS) is 1. The number of ether oxygens (including phenoxy) is 3. The average molecular weight is 272 g/mol. The molecule has 0 aliphatic rings. The summed E-state index contributed by atoms with van der Waals surface area (Å²) in [6, 6.07) is 2.83. The lowest BCUT2D eigenvalue weighted by Crippen LogP contribution is -2.05. The monoisotopic (exact) mass is 272 g/mol. The molecule has 0 aliphatic heterocycles. The quantitative estimate of drug-likeness (QED) is 0.767. The van der Waals surface area contributed by atoms with E-state index in [1.807, 2.05) is 6.26 Å². The van der Waals surface area contributed by atoms with Crippen molar-refractivity contribution in [1.29, 1.82) is 0 Å². The van der Waals surface area contributed by atoms with Crippen LogP contribution in [0.3, 0.4) is 0 Å². The summed E-state index contributed by atoms with van der Waals surface area (Å²) in [5.74, 6) is 0.925. The Balaban J connectivity index is 3.09. The Labute approximate surface area is 110 Å². The van der Waals surface area contributed by atoms with Crippen LogP contribution in [-0.4, -0.2) is 43.9 Å². The fraction of sp³-hybridized carbons (Fsp3) is 0.417. The van der Waals surface area contributed by atoms with Gasteiger partial charge in [0.05, 0.1) is 26.4 Å². The van der Waals surface area contributed by atoms with Crippen LogP contribution in [0.15, 0.2) is 12.1 Å². The van der Waals surface area contributed by atoms with E-state index in [4.69, 9.17) is 19.3 Å². The maximum absolute atomic E-state index is 11.0. The van der Waals surface area contributed by atoms with E-state index >= 15 is 0 Å². The van der Waals surface area contributed by atoms with Crippen LogP contribution in [0.1, 0.15) is 10.4 Å². The third kappa shape index (κ3) is 3.46. The van der Waals surface area contributed by atoms with Gasteiger partial charge in [-0.25, -0.2) is 4.79 Å². The van der Waals surface area contributed by atoms with E-state index in [9.17, 15) is 4.79 Å². The van der Waals surface area contributed by atoms with Crippen LogP contribution >= 0.6 is 11.8 Å². The van der Waals surface area contributed by atoms with E-state index in [1.165, 1.54) is 26.4 Å². The topological polar surface area (TPSA) is 65.0 Å². The summed E-state index contributed by atoms with van der Waals surface area (Å²) in [4.78, 5) is 11.0. The summed E-state index contributed by atoms with van der Waals surface area (Å²) >= 11 is 1.66. The molecule has 100 valence electrons. The standard InChI is InChI=1S/C12H16O5S/c1-15-9-6-8(12(13)14)7-10(16-2)11(9)17-4-5-18-3/h6-7H,4-5H2,1-3H3,(H,13,14). The molecule has 0 spiro atoms. The second kappa shape index (κ2) is 7.00. The maximum atomic E-state index is 11.0. The smallest absolute Gasteiger partial charge is 0.335 e. The predicted octanol–water partition coefficient (Wildman–Crippen LogP) is 2.14. The second-order valence-electron chi connectivity index (χ2n) is 3.36. The third-order valence-electron chi connectivity index (χ3n) is 2.24. The fourth-order valence-corrected chi connectivity index (χ4v) is 1.62. The summed E-state index contributed by atoms with van der Waals surface area (Å²) in [6.07, 6.45) is 1.98. The molecule has 1 aromatic carbocycles. The Morgan fingerprint density at radius 2 is 1.83 bits per heavy atom. The van der Waals surface area contributed by atoms with Crippen molar-refractivity contribution in [3.8, 4) is 17.2 Å². The lowest BCUT2D eigenvalue weighted by molar-refractivity contribution is 0.0696. The Hall–Kier alpha value is -1.56. The zero-order chi connectivity index (χ0) is 13.5. The molecule has 18 heavy (non-hydrogen) atoms. The molecule has 0 fully saturated rings. The molecule has 0 aliphatic carbocycles. The van der Waals surface area contributed by atoms with Crippen molar-refractivity contribution >= 4 is 17.7 Å². The number of aromatic carboxylic acids is 1. The first kappa shape index (κ1) is 14.5. The van der Waals surface area contributed by atoms with Crippen molar-refractivity contribution in [3.05, 3.63) is 17.7 Å². The van der Waals surface area contributed by atoms with E-state index in [0.29, 0.717) is 23.9 Å². The van der Waals surface area contributed by atoms with Crippen LogP contribution in [0.4, 0.5) is 0 Å². The minimum absolute atomic E-state index is 0.0981. The number of thioether (sulfide) groups is 1. The van der Waals surface area contributed by atoms with Crippen LogP contribution in [0, 0.1) is 0 Å².